The Labute approximate surface area is 108 Å². The van der Waals surface area contributed by atoms with Crippen molar-refractivity contribution in [1.29, 1.82) is 0 Å². The van der Waals surface area contributed by atoms with Crippen LogP contribution in [0.1, 0.15) is 37.7 Å². The van der Waals surface area contributed by atoms with E-state index in [0.717, 1.165) is 18.4 Å². The quantitative estimate of drug-likeness (QED) is 0.830. The summed E-state index contributed by atoms with van der Waals surface area (Å²) in [5, 5.41) is 3.30. The van der Waals surface area contributed by atoms with Crippen LogP contribution in [-0.2, 0) is 11.3 Å². The number of nitrogens with one attached hydrogen (secondary N) is 1. The number of carbonyl (C=O) groups is 1. The summed E-state index contributed by atoms with van der Waals surface area (Å²) in [5.74, 6) is 0.175. The molecule has 2 rings (SSSR count). The van der Waals surface area contributed by atoms with E-state index < -0.39 is 0 Å². The smallest absolute Gasteiger partial charge is 0.234 e. The van der Waals surface area contributed by atoms with E-state index in [-0.39, 0.29) is 11.9 Å². The SMILES string of the molecule is NC(=O)C(NCc1ccncc1)C1CCCCC1. The van der Waals surface area contributed by atoms with E-state index in [1.807, 2.05) is 12.1 Å². The Morgan fingerprint density at radius 1 is 1.33 bits per heavy atom. The van der Waals surface area contributed by atoms with Crippen LogP contribution in [0.4, 0.5) is 0 Å². The fraction of sp³-hybridized carbons (Fsp3) is 0.571. The van der Waals surface area contributed by atoms with E-state index >= 15 is 0 Å². The molecule has 1 fully saturated rings. The second-order valence-electron chi connectivity index (χ2n) is 5.01. The number of pyridine rings is 1. The van der Waals surface area contributed by atoms with Crippen molar-refractivity contribution in [3.63, 3.8) is 0 Å². The number of amides is 1. The van der Waals surface area contributed by atoms with Gasteiger partial charge in [-0.15, -0.1) is 0 Å². The maximum Gasteiger partial charge on any atom is 0.234 e. The number of hydrogen-bond acceptors (Lipinski definition) is 3. The Morgan fingerprint density at radius 2 is 2.00 bits per heavy atom. The van der Waals surface area contributed by atoms with Gasteiger partial charge in [0.05, 0.1) is 6.04 Å². The van der Waals surface area contributed by atoms with Gasteiger partial charge in [-0.1, -0.05) is 19.3 Å². The molecule has 1 atom stereocenters. The molecule has 1 aromatic rings. The van der Waals surface area contributed by atoms with Crippen LogP contribution in [0.15, 0.2) is 24.5 Å². The number of hydrogen-bond donors (Lipinski definition) is 2. The molecule has 0 saturated heterocycles. The number of aromatic nitrogens is 1. The Balaban J connectivity index is 1.92. The molecule has 1 heterocycles. The minimum absolute atomic E-state index is 0.196. The summed E-state index contributed by atoms with van der Waals surface area (Å²) in [6.45, 7) is 0.673. The molecule has 1 aromatic heterocycles. The van der Waals surface area contributed by atoms with Gasteiger partial charge < -0.3 is 11.1 Å². The molecule has 1 unspecified atom stereocenters. The van der Waals surface area contributed by atoms with Crippen molar-refractivity contribution in [2.45, 2.75) is 44.7 Å². The van der Waals surface area contributed by atoms with E-state index in [0.29, 0.717) is 12.5 Å². The molecule has 18 heavy (non-hydrogen) atoms. The van der Waals surface area contributed by atoms with Crippen molar-refractivity contribution in [3.05, 3.63) is 30.1 Å². The van der Waals surface area contributed by atoms with Gasteiger partial charge in [-0.3, -0.25) is 9.78 Å². The Morgan fingerprint density at radius 3 is 2.61 bits per heavy atom. The van der Waals surface area contributed by atoms with Crippen molar-refractivity contribution < 1.29 is 4.79 Å². The zero-order chi connectivity index (χ0) is 12.8. The van der Waals surface area contributed by atoms with E-state index in [1.54, 1.807) is 12.4 Å². The molecule has 1 amide bonds. The summed E-state index contributed by atoms with van der Waals surface area (Å²) >= 11 is 0. The summed E-state index contributed by atoms with van der Waals surface area (Å²) in [5.41, 5.74) is 6.65. The van der Waals surface area contributed by atoms with E-state index in [9.17, 15) is 4.79 Å². The molecule has 0 aliphatic heterocycles. The molecule has 1 aliphatic carbocycles. The Kier molecular flexibility index (Phi) is 4.70. The molecular weight excluding hydrogens is 226 g/mol. The number of carbonyl (C=O) groups excluding carboxylic acids is 1. The highest BCUT2D eigenvalue weighted by atomic mass is 16.1. The summed E-state index contributed by atoms with van der Waals surface area (Å²) in [7, 11) is 0. The number of rotatable bonds is 5. The lowest BCUT2D eigenvalue weighted by Gasteiger charge is -2.28. The van der Waals surface area contributed by atoms with Crippen molar-refractivity contribution in [2.24, 2.45) is 11.7 Å². The van der Waals surface area contributed by atoms with Gasteiger partial charge in [0.25, 0.3) is 0 Å². The van der Waals surface area contributed by atoms with Gasteiger partial charge >= 0.3 is 0 Å². The highest BCUT2D eigenvalue weighted by molar-refractivity contribution is 5.80. The van der Waals surface area contributed by atoms with E-state index in [4.69, 9.17) is 5.73 Å². The monoisotopic (exact) mass is 247 g/mol. The zero-order valence-corrected chi connectivity index (χ0v) is 10.6. The van der Waals surface area contributed by atoms with Crippen LogP contribution >= 0.6 is 0 Å². The minimum atomic E-state index is -0.226. The summed E-state index contributed by atoms with van der Waals surface area (Å²) in [4.78, 5) is 15.5. The highest BCUT2D eigenvalue weighted by Crippen LogP contribution is 2.26. The van der Waals surface area contributed by atoms with Gasteiger partial charge in [0.15, 0.2) is 0 Å². The molecule has 4 nitrogen and oxygen atoms in total. The normalized spacial score (nSPS) is 18.4. The molecule has 4 heteroatoms. The number of nitrogens with two attached hydrogens (primary N) is 1. The molecule has 1 aliphatic rings. The average molecular weight is 247 g/mol. The molecular formula is C14H21N3O. The summed E-state index contributed by atoms with van der Waals surface area (Å²) in [6.07, 6.45) is 9.45. The number of nitrogens with zero attached hydrogens (tertiary/aromatic N) is 1. The molecule has 98 valence electrons. The first-order valence-electron chi connectivity index (χ1n) is 6.69. The largest absolute Gasteiger partial charge is 0.368 e. The third-order valence-electron chi connectivity index (χ3n) is 3.70. The first kappa shape index (κ1) is 13.0. The van der Waals surface area contributed by atoms with Gasteiger partial charge in [-0.25, -0.2) is 0 Å². The van der Waals surface area contributed by atoms with Crippen LogP contribution in [0.5, 0.6) is 0 Å². The van der Waals surface area contributed by atoms with Crippen molar-refractivity contribution >= 4 is 5.91 Å². The molecule has 0 bridgehead atoms. The van der Waals surface area contributed by atoms with Gasteiger partial charge in [0, 0.05) is 18.9 Å². The van der Waals surface area contributed by atoms with Crippen LogP contribution in [0, 0.1) is 5.92 Å². The Hall–Kier alpha value is -1.42. The lowest BCUT2D eigenvalue weighted by Crippen LogP contribution is -2.46. The molecule has 1 saturated carbocycles. The fourth-order valence-electron chi connectivity index (χ4n) is 2.70. The fourth-order valence-corrected chi connectivity index (χ4v) is 2.70. The van der Waals surface area contributed by atoms with Gasteiger partial charge in [0.1, 0.15) is 0 Å². The van der Waals surface area contributed by atoms with Crippen molar-refractivity contribution in [3.8, 4) is 0 Å². The predicted molar refractivity (Wildman–Crippen MR) is 70.6 cm³/mol. The average Bonchev–Trinajstić information content (AvgIpc) is 2.41. The molecule has 0 radical (unpaired) electrons. The van der Waals surface area contributed by atoms with E-state index in [2.05, 4.69) is 10.3 Å². The summed E-state index contributed by atoms with van der Waals surface area (Å²) < 4.78 is 0. The minimum Gasteiger partial charge on any atom is -0.368 e. The topological polar surface area (TPSA) is 68.0 Å². The van der Waals surface area contributed by atoms with Crippen molar-refractivity contribution in [1.82, 2.24) is 10.3 Å². The standard InChI is InChI=1S/C14H21N3O/c15-14(18)13(12-4-2-1-3-5-12)17-10-11-6-8-16-9-7-11/h6-9,12-13,17H,1-5,10H2,(H2,15,18). The number of primary amides is 1. The van der Waals surface area contributed by atoms with Gasteiger partial charge in [-0.05, 0) is 36.5 Å². The van der Waals surface area contributed by atoms with Crippen LogP contribution in [0.25, 0.3) is 0 Å². The zero-order valence-electron chi connectivity index (χ0n) is 10.6. The first-order chi connectivity index (χ1) is 8.77. The van der Waals surface area contributed by atoms with E-state index in [1.165, 1.54) is 19.3 Å². The van der Waals surface area contributed by atoms with Crippen LogP contribution in [0.3, 0.4) is 0 Å². The maximum atomic E-state index is 11.6. The maximum absolute atomic E-state index is 11.6. The molecule has 3 N–H and O–H groups in total. The first-order valence-corrected chi connectivity index (χ1v) is 6.69. The lowest BCUT2D eigenvalue weighted by atomic mass is 9.83. The van der Waals surface area contributed by atoms with Gasteiger partial charge in [-0.2, -0.15) is 0 Å². The van der Waals surface area contributed by atoms with Gasteiger partial charge in [0.2, 0.25) is 5.91 Å². The van der Waals surface area contributed by atoms with Crippen LogP contribution in [0.2, 0.25) is 0 Å². The second kappa shape index (κ2) is 6.50. The molecule has 0 spiro atoms. The third-order valence-corrected chi connectivity index (χ3v) is 3.70. The predicted octanol–water partition coefficient (Wildman–Crippen LogP) is 1.61. The van der Waals surface area contributed by atoms with Crippen LogP contribution < -0.4 is 11.1 Å². The lowest BCUT2D eigenvalue weighted by molar-refractivity contribution is -0.121. The van der Waals surface area contributed by atoms with Crippen molar-refractivity contribution in [2.75, 3.05) is 0 Å². The summed E-state index contributed by atoms with van der Waals surface area (Å²) in [6, 6.07) is 3.70. The molecule has 0 aromatic carbocycles. The second-order valence-corrected chi connectivity index (χ2v) is 5.01. The Bertz CT molecular complexity index is 374. The highest BCUT2D eigenvalue weighted by Gasteiger charge is 2.27. The third kappa shape index (κ3) is 3.53. The van der Waals surface area contributed by atoms with Crippen LogP contribution in [-0.4, -0.2) is 16.9 Å².